The van der Waals surface area contributed by atoms with Crippen LogP contribution in [0.4, 0.5) is 0 Å². The van der Waals surface area contributed by atoms with Crippen molar-refractivity contribution < 1.29 is 9.84 Å². The second-order valence-corrected chi connectivity index (χ2v) is 5.53. The lowest BCUT2D eigenvalue weighted by molar-refractivity contribution is 0.218. The quantitative estimate of drug-likeness (QED) is 0.899. The molecule has 1 aliphatic rings. The zero-order chi connectivity index (χ0) is 14.1. The molecule has 2 heteroatoms. The molecule has 1 unspecified atom stereocenters. The van der Waals surface area contributed by atoms with E-state index in [0.717, 1.165) is 47.5 Å². The summed E-state index contributed by atoms with van der Waals surface area (Å²) in [6.07, 6.45) is 1.52. The molecule has 3 rings (SSSR count). The molecule has 0 amide bonds. The van der Waals surface area contributed by atoms with Gasteiger partial charge in [0.15, 0.2) is 0 Å². The summed E-state index contributed by atoms with van der Waals surface area (Å²) < 4.78 is 5.63. The van der Waals surface area contributed by atoms with Gasteiger partial charge in [0.05, 0.1) is 6.61 Å². The van der Waals surface area contributed by atoms with E-state index in [0.29, 0.717) is 0 Å². The summed E-state index contributed by atoms with van der Waals surface area (Å²) in [7, 11) is 0. The molecule has 20 heavy (non-hydrogen) atoms. The van der Waals surface area contributed by atoms with Crippen molar-refractivity contribution in [2.24, 2.45) is 0 Å². The van der Waals surface area contributed by atoms with E-state index in [2.05, 4.69) is 6.07 Å². The molecule has 1 heterocycles. The Labute approximate surface area is 120 Å². The van der Waals surface area contributed by atoms with E-state index in [1.54, 1.807) is 0 Å². The summed E-state index contributed by atoms with van der Waals surface area (Å²) in [5.74, 6) is 0.966. The Morgan fingerprint density at radius 3 is 2.60 bits per heavy atom. The zero-order valence-corrected chi connectivity index (χ0v) is 12.0. The highest BCUT2D eigenvalue weighted by molar-refractivity contribution is 5.45. The predicted octanol–water partition coefficient (Wildman–Crippen LogP) is 3.71. The molecular formula is C18H20O2. The SMILES string of the molecule is Cc1cccc(C)c1C(O)c1ccc2c(c1)CCCO2. The molecule has 0 saturated heterocycles. The van der Waals surface area contributed by atoms with Gasteiger partial charge in [0.25, 0.3) is 0 Å². The van der Waals surface area contributed by atoms with Crippen molar-refractivity contribution >= 4 is 0 Å². The van der Waals surface area contributed by atoms with Crippen LogP contribution in [-0.4, -0.2) is 11.7 Å². The minimum Gasteiger partial charge on any atom is -0.493 e. The third-order valence-corrected chi connectivity index (χ3v) is 4.06. The number of benzene rings is 2. The molecule has 0 saturated carbocycles. The van der Waals surface area contributed by atoms with Gasteiger partial charge >= 0.3 is 0 Å². The number of hydrogen-bond donors (Lipinski definition) is 1. The minimum atomic E-state index is -0.566. The first kappa shape index (κ1) is 13.2. The van der Waals surface area contributed by atoms with E-state index in [1.165, 1.54) is 5.56 Å². The molecule has 0 bridgehead atoms. The van der Waals surface area contributed by atoms with Gasteiger partial charge in [-0.1, -0.05) is 24.3 Å². The maximum absolute atomic E-state index is 10.7. The van der Waals surface area contributed by atoms with E-state index >= 15 is 0 Å². The highest BCUT2D eigenvalue weighted by Crippen LogP contribution is 2.32. The van der Waals surface area contributed by atoms with Crippen LogP contribution in [-0.2, 0) is 6.42 Å². The number of aliphatic hydroxyl groups excluding tert-OH is 1. The Morgan fingerprint density at radius 2 is 1.85 bits per heavy atom. The fourth-order valence-electron chi connectivity index (χ4n) is 2.98. The van der Waals surface area contributed by atoms with E-state index in [9.17, 15) is 5.11 Å². The van der Waals surface area contributed by atoms with Gasteiger partial charge in [-0.15, -0.1) is 0 Å². The molecule has 2 aromatic rings. The molecule has 0 aromatic heterocycles. The summed E-state index contributed by atoms with van der Waals surface area (Å²) in [5.41, 5.74) is 5.44. The first-order chi connectivity index (χ1) is 9.66. The fourth-order valence-corrected chi connectivity index (χ4v) is 2.98. The standard InChI is InChI=1S/C18H20O2/c1-12-5-3-6-13(2)17(12)18(19)15-8-9-16-14(11-15)7-4-10-20-16/h3,5-6,8-9,11,18-19H,4,7,10H2,1-2H3. The highest BCUT2D eigenvalue weighted by Gasteiger charge is 2.18. The Balaban J connectivity index is 2.00. The average Bonchev–Trinajstić information content (AvgIpc) is 2.46. The Morgan fingerprint density at radius 1 is 1.10 bits per heavy atom. The lowest BCUT2D eigenvalue weighted by atomic mass is 9.92. The van der Waals surface area contributed by atoms with Crippen molar-refractivity contribution in [2.75, 3.05) is 6.61 Å². The Hall–Kier alpha value is -1.80. The van der Waals surface area contributed by atoms with Gasteiger partial charge in [0.2, 0.25) is 0 Å². The zero-order valence-electron chi connectivity index (χ0n) is 12.0. The molecule has 1 N–H and O–H groups in total. The van der Waals surface area contributed by atoms with Gasteiger partial charge in [-0.05, 0) is 66.6 Å². The number of fused-ring (bicyclic) bond motifs is 1. The molecular weight excluding hydrogens is 248 g/mol. The van der Waals surface area contributed by atoms with Crippen molar-refractivity contribution in [3.8, 4) is 5.75 Å². The number of aliphatic hydroxyl groups is 1. The van der Waals surface area contributed by atoms with E-state index in [-0.39, 0.29) is 0 Å². The second-order valence-electron chi connectivity index (χ2n) is 5.53. The van der Waals surface area contributed by atoms with Crippen LogP contribution in [0.1, 0.15) is 40.3 Å². The summed E-state index contributed by atoms with van der Waals surface area (Å²) in [6.45, 7) is 4.89. The van der Waals surface area contributed by atoms with Crippen LogP contribution in [0, 0.1) is 13.8 Å². The maximum atomic E-state index is 10.7. The third kappa shape index (κ3) is 2.32. The van der Waals surface area contributed by atoms with E-state index in [4.69, 9.17) is 4.74 Å². The van der Waals surface area contributed by atoms with Crippen LogP contribution >= 0.6 is 0 Å². The molecule has 0 radical (unpaired) electrons. The molecule has 0 fully saturated rings. The first-order valence-electron chi connectivity index (χ1n) is 7.16. The van der Waals surface area contributed by atoms with Crippen molar-refractivity contribution in [3.63, 3.8) is 0 Å². The van der Waals surface area contributed by atoms with Crippen LogP contribution in [0.5, 0.6) is 5.75 Å². The molecule has 0 aliphatic carbocycles. The lowest BCUT2D eigenvalue weighted by Crippen LogP contribution is -2.10. The van der Waals surface area contributed by atoms with E-state index in [1.807, 2.05) is 44.2 Å². The summed E-state index contributed by atoms with van der Waals surface area (Å²) >= 11 is 0. The van der Waals surface area contributed by atoms with Gasteiger partial charge in [-0.2, -0.15) is 0 Å². The largest absolute Gasteiger partial charge is 0.493 e. The number of ether oxygens (including phenoxy) is 1. The summed E-state index contributed by atoms with van der Waals surface area (Å²) in [6, 6.07) is 12.2. The molecule has 1 atom stereocenters. The van der Waals surface area contributed by atoms with Crippen molar-refractivity contribution in [3.05, 3.63) is 64.2 Å². The number of rotatable bonds is 2. The average molecular weight is 268 g/mol. The molecule has 0 spiro atoms. The van der Waals surface area contributed by atoms with Gasteiger partial charge in [0, 0.05) is 0 Å². The van der Waals surface area contributed by atoms with Crippen molar-refractivity contribution in [2.45, 2.75) is 32.8 Å². The van der Waals surface area contributed by atoms with Crippen LogP contribution in [0.3, 0.4) is 0 Å². The van der Waals surface area contributed by atoms with Gasteiger partial charge < -0.3 is 9.84 Å². The minimum absolute atomic E-state index is 0.566. The van der Waals surface area contributed by atoms with Crippen LogP contribution < -0.4 is 4.74 Å². The lowest BCUT2D eigenvalue weighted by Gasteiger charge is -2.21. The van der Waals surface area contributed by atoms with Crippen LogP contribution in [0.15, 0.2) is 36.4 Å². The summed E-state index contributed by atoms with van der Waals surface area (Å²) in [5, 5.41) is 10.7. The van der Waals surface area contributed by atoms with Gasteiger partial charge in [0.1, 0.15) is 11.9 Å². The monoisotopic (exact) mass is 268 g/mol. The van der Waals surface area contributed by atoms with Gasteiger partial charge in [-0.25, -0.2) is 0 Å². The van der Waals surface area contributed by atoms with Crippen LogP contribution in [0.25, 0.3) is 0 Å². The topological polar surface area (TPSA) is 29.5 Å². The fraction of sp³-hybridized carbons (Fsp3) is 0.333. The van der Waals surface area contributed by atoms with Crippen molar-refractivity contribution in [1.29, 1.82) is 0 Å². The molecule has 2 nitrogen and oxygen atoms in total. The highest BCUT2D eigenvalue weighted by atomic mass is 16.5. The summed E-state index contributed by atoms with van der Waals surface area (Å²) in [4.78, 5) is 0. The van der Waals surface area contributed by atoms with Gasteiger partial charge in [-0.3, -0.25) is 0 Å². The van der Waals surface area contributed by atoms with Crippen LogP contribution in [0.2, 0.25) is 0 Å². The molecule has 104 valence electrons. The number of aryl methyl sites for hydroxylation is 3. The smallest absolute Gasteiger partial charge is 0.122 e. The predicted molar refractivity (Wildman–Crippen MR) is 80.2 cm³/mol. The Kier molecular flexibility index (Phi) is 3.49. The first-order valence-corrected chi connectivity index (χ1v) is 7.16. The molecule has 2 aromatic carbocycles. The number of hydrogen-bond acceptors (Lipinski definition) is 2. The van der Waals surface area contributed by atoms with E-state index < -0.39 is 6.10 Å². The van der Waals surface area contributed by atoms with Crippen molar-refractivity contribution in [1.82, 2.24) is 0 Å². The Bertz CT molecular complexity index is 611. The maximum Gasteiger partial charge on any atom is 0.122 e. The molecule has 1 aliphatic heterocycles. The second kappa shape index (κ2) is 5.29. The normalized spacial score (nSPS) is 15.3. The third-order valence-electron chi connectivity index (χ3n) is 4.06.